The highest BCUT2D eigenvalue weighted by Gasteiger charge is 2.45. The van der Waals surface area contributed by atoms with Gasteiger partial charge in [-0.1, -0.05) is 6.07 Å². The van der Waals surface area contributed by atoms with E-state index in [1.54, 1.807) is 23.7 Å². The number of amides is 1. The van der Waals surface area contributed by atoms with Crippen LogP contribution >= 0.6 is 11.3 Å². The van der Waals surface area contributed by atoms with Gasteiger partial charge in [0.25, 0.3) is 0 Å². The van der Waals surface area contributed by atoms with E-state index in [0.717, 1.165) is 31.5 Å². The number of hydrogen-bond donors (Lipinski definition) is 3. The molecule has 0 spiro atoms. The third kappa shape index (κ3) is 9.90. The lowest BCUT2D eigenvalue weighted by atomic mass is 10.1. The van der Waals surface area contributed by atoms with Gasteiger partial charge in [0.15, 0.2) is 0 Å². The van der Waals surface area contributed by atoms with E-state index in [1.807, 2.05) is 12.1 Å². The zero-order valence-corrected chi connectivity index (χ0v) is 20.2. The van der Waals surface area contributed by atoms with E-state index >= 15 is 0 Å². The summed E-state index contributed by atoms with van der Waals surface area (Å²) in [5.74, 6) is -5.52. The number of aliphatic carboxylic acids is 2. The van der Waals surface area contributed by atoms with Crippen molar-refractivity contribution in [2.45, 2.75) is 56.5 Å². The minimum atomic E-state index is -5.08. The minimum Gasteiger partial charge on any atom is -0.475 e. The van der Waals surface area contributed by atoms with Gasteiger partial charge >= 0.3 is 24.3 Å². The third-order valence-electron chi connectivity index (χ3n) is 5.33. The number of halogens is 6. The maximum Gasteiger partial charge on any atom is 0.490 e. The largest absolute Gasteiger partial charge is 0.490 e. The molecular formula is C22H23F6N3O6S. The fraction of sp³-hybridized carbons (Fsp3) is 0.455. The van der Waals surface area contributed by atoms with Gasteiger partial charge in [-0.2, -0.15) is 37.7 Å². The summed E-state index contributed by atoms with van der Waals surface area (Å²) in [7, 11) is 0. The van der Waals surface area contributed by atoms with Crippen LogP contribution in [0.4, 0.5) is 26.3 Å². The first-order chi connectivity index (χ1) is 17.7. The van der Waals surface area contributed by atoms with Crippen molar-refractivity contribution < 1.29 is 55.7 Å². The number of ether oxygens (including phenoxy) is 1. The van der Waals surface area contributed by atoms with Gasteiger partial charge in [-0.25, -0.2) is 9.59 Å². The third-order valence-corrected chi connectivity index (χ3v) is 6.06. The molecule has 4 heterocycles. The molecule has 0 bridgehead atoms. The van der Waals surface area contributed by atoms with Gasteiger partial charge in [0.1, 0.15) is 6.10 Å². The molecule has 4 rings (SSSR count). The second-order valence-corrected chi connectivity index (χ2v) is 8.82. The number of rotatable bonds is 5. The first-order valence-electron chi connectivity index (χ1n) is 10.9. The van der Waals surface area contributed by atoms with Crippen LogP contribution in [0.5, 0.6) is 0 Å². The highest BCUT2D eigenvalue weighted by atomic mass is 32.1. The van der Waals surface area contributed by atoms with Crippen molar-refractivity contribution in [2.24, 2.45) is 0 Å². The van der Waals surface area contributed by atoms with Gasteiger partial charge in [-0.15, -0.1) is 0 Å². The van der Waals surface area contributed by atoms with Crippen LogP contribution in [0.2, 0.25) is 0 Å². The van der Waals surface area contributed by atoms with Crippen LogP contribution in [0, 0.1) is 0 Å². The van der Waals surface area contributed by atoms with Crippen molar-refractivity contribution in [2.75, 3.05) is 6.54 Å². The number of likely N-dealkylation sites (tertiary alicyclic amines) is 1. The summed E-state index contributed by atoms with van der Waals surface area (Å²) in [6.07, 6.45) is -5.00. The Labute approximate surface area is 216 Å². The summed E-state index contributed by atoms with van der Waals surface area (Å²) in [5.41, 5.74) is 2.35. The SMILES string of the molecule is O=C(NCc1cccnc1)[C@@H]1C[C@@H]2[C@@H](CCN2Cc2ccsc2)O1.O=C(O)C(F)(F)F.O=C(O)C(F)(F)F. The van der Waals surface area contributed by atoms with Gasteiger partial charge in [0.2, 0.25) is 5.91 Å². The van der Waals surface area contributed by atoms with Crippen LogP contribution in [-0.4, -0.2) is 75.1 Å². The molecule has 0 saturated carbocycles. The van der Waals surface area contributed by atoms with Gasteiger partial charge < -0.3 is 20.3 Å². The smallest absolute Gasteiger partial charge is 0.475 e. The minimum absolute atomic E-state index is 0.0104. The zero-order valence-electron chi connectivity index (χ0n) is 19.4. The normalized spacial score (nSPS) is 20.8. The Balaban J connectivity index is 0.000000301. The Bertz CT molecular complexity index is 1030. The maximum atomic E-state index is 12.4. The first kappa shape index (κ1) is 31.0. The average Bonchev–Trinajstić information content (AvgIpc) is 3.57. The zero-order chi connectivity index (χ0) is 28.5. The van der Waals surface area contributed by atoms with Crippen molar-refractivity contribution in [1.29, 1.82) is 0 Å². The molecule has 2 saturated heterocycles. The van der Waals surface area contributed by atoms with Crippen LogP contribution in [0.3, 0.4) is 0 Å². The Morgan fingerprint density at radius 2 is 1.71 bits per heavy atom. The van der Waals surface area contributed by atoms with E-state index in [1.165, 1.54) is 5.56 Å². The molecule has 3 N–H and O–H groups in total. The number of nitrogens with one attached hydrogen (secondary N) is 1. The van der Waals surface area contributed by atoms with Crippen molar-refractivity contribution in [3.8, 4) is 0 Å². The number of thiophene rings is 1. The molecule has 210 valence electrons. The molecule has 38 heavy (non-hydrogen) atoms. The van der Waals surface area contributed by atoms with E-state index in [4.69, 9.17) is 24.5 Å². The summed E-state index contributed by atoms with van der Waals surface area (Å²) in [6.45, 7) is 2.51. The highest BCUT2D eigenvalue weighted by Crippen LogP contribution is 2.34. The topological polar surface area (TPSA) is 129 Å². The number of hydrogen-bond acceptors (Lipinski definition) is 7. The highest BCUT2D eigenvalue weighted by molar-refractivity contribution is 7.07. The number of pyridine rings is 1. The molecule has 2 fully saturated rings. The number of carboxylic acids is 2. The fourth-order valence-corrected chi connectivity index (χ4v) is 4.28. The number of alkyl halides is 6. The van der Waals surface area contributed by atoms with Crippen molar-refractivity contribution in [3.05, 3.63) is 52.5 Å². The summed E-state index contributed by atoms with van der Waals surface area (Å²) in [5, 5.41) is 21.5. The van der Waals surface area contributed by atoms with Crippen LogP contribution in [0.15, 0.2) is 41.4 Å². The van der Waals surface area contributed by atoms with Gasteiger partial charge in [0, 0.05) is 44.5 Å². The molecule has 1 amide bonds. The number of carboxylic acid groups (broad SMARTS) is 2. The quantitative estimate of drug-likeness (QED) is 0.466. The molecule has 2 aromatic rings. The lowest BCUT2D eigenvalue weighted by Gasteiger charge is -2.22. The Morgan fingerprint density at radius 1 is 1.08 bits per heavy atom. The molecular weight excluding hydrogens is 548 g/mol. The lowest BCUT2D eigenvalue weighted by molar-refractivity contribution is -0.193. The molecule has 2 aliphatic heterocycles. The van der Waals surface area contributed by atoms with Gasteiger partial charge in [-0.3, -0.25) is 14.7 Å². The number of aromatic nitrogens is 1. The van der Waals surface area contributed by atoms with Crippen LogP contribution in [0.25, 0.3) is 0 Å². The number of carbonyl (C=O) groups excluding carboxylic acids is 1. The molecule has 9 nitrogen and oxygen atoms in total. The summed E-state index contributed by atoms with van der Waals surface area (Å²) in [4.78, 5) is 36.7. The second kappa shape index (κ2) is 13.5. The molecule has 0 radical (unpaired) electrons. The fourth-order valence-electron chi connectivity index (χ4n) is 3.62. The summed E-state index contributed by atoms with van der Waals surface area (Å²) < 4.78 is 69.5. The van der Waals surface area contributed by atoms with E-state index in [9.17, 15) is 31.1 Å². The molecule has 0 aliphatic carbocycles. The van der Waals surface area contributed by atoms with E-state index in [-0.39, 0.29) is 18.1 Å². The second-order valence-electron chi connectivity index (χ2n) is 8.04. The van der Waals surface area contributed by atoms with E-state index in [2.05, 4.69) is 32.0 Å². The van der Waals surface area contributed by atoms with Gasteiger partial charge in [-0.05, 0) is 40.4 Å². The van der Waals surface area contributed by atoms with E-state index in [0.29, 0.717) is 12.6 Å². The lowest BCUT2D eigenvalue weighted by Crippen LogP contribution is -2.36. The van der Waals surface area contributed by atoms with Crippen LogP contribution < -0.4 is 5.32 Å². The summed E-state index contributed by atoms with van der Waals surface area (Å²) >= 11 is 1.73. The molecule has 2 aromatic heterocycles. The predicted octanol–water partition coefficient (Wildman–Crippen LogP) is 3.46. The first-order valence-corrected chi connectivity index (χ1v) is 11.8. The molecule has 2 aliphatic rings. The molecule has 16 heteroatoms. The number of nitrogens with zero attached hydrogens (tertiary/aromatic N) is 2. The molecule has 0 aromatic carbocycles. The van der Waals surface area contributed by atoms with Crippen LogP contribution in [0.1, 0.15) is 24.0 Å². The van der Waals surface area contributed by atoms with E-state index < -0.39 is 24.3 Å². The maximum absolute atomic E-state index is 12.4. The van der Waals surface area contributed by atoms with Crippen molar-refractivity contribution in [1.82, 2.24) is 15.2 Å². The number of fused-ring (bicyclic) bond motifs is 1. The standard InChI is InChI=1S/C18H21N3O2S.2C2HF3O2/c22-18(20-10-13-2-1-5-19-9-13)17-8-15-16(23-17)3-6-21(15)11-14-4-7-24-12-14;2*3-2(4,5)1(6)7/h1-2,4-5,7,9,12,15-17H,3,6,8,10-11H2,(H,20,22);2*(H,6,7)/t15-,16-,17+;;/m1../s1. The Hall–Kier alpha value is -3.24. The Morgan fingerprint density at radius 3 is 2.21 bits per heavy atom. The van der Waals surface area contributed by atoms with Gasteiger partial charge in [0.05, 0.1) is 6.10 Å². The van der Waals surface area contributed by atoms with Crippen LogP contribution in [-0.2, 0) is 32.2 Å². The van der Waals surface area contributed by atoms with Crippen molar-refractivity contribution in [3.63, 3.8) is 0 Å². The Kier molecular flexibility index (Phi) is 11.0. The summed E-state index contributed by atoms with van der Waals surface area (Å²) in [6, 6.07) is 6.37. The predicted molar refractivity (Wildman–Crippen MR) is 120 cm³/mol. The monoisotopic (exact) mass is 571 g/mol. The number of carbonyl (C=O) groups is 3. The molecule has 0 unspecified atom stereocenters. The molecule has 3 atom stereocenters. The van der Waals surface area contributed by atoms with Crippen molar-refractivity contribution >= 4 is 29.2 Å². The average molecular weight is 571 g/mol.